The van der Waals surface area contributed by atoms with Crippen LogP contribution in [0.1, 0.15) is 5.82 Å². The summed E-state index contributed by atoms with van der Waals surface area (Å²) >= 11 is 12.1. The van der Waals surface area contributed by atoms with Crippen LogP contribution in [0.2, 0.25) is 10.0 Å². The van der Waals surface area contributed by atoms with Gasteiger partial charge in [-0.05, 0) is 24.3 Å². The second kappa shape index (κ2) is 6.31. The van der Waals surface area contributed by atoms with Crippen LogP contribution in [0.25, 0.3) is 22.4 Å². The molecule has 0 spiro atoms. The van der Waals surface area contributed by atoms with E-state index in [0.29, 0.717) is 32.7 Å². The predicted molar refractivity (Wildman–Crippen MR) is 94.9 cm³/mol. The van der Waals surface area contributed by atoms with Crippen LogP contribution < -0.4 is 5.56 Å². The SMILES string of the molecule is O=c1c2cc(Cl)cc(Cl)c2ncn1Cc1noc(-c2ccccc2)n1. The molecule has 0 saturated heterocycles. The average Bonchev–Trinajstić information content (AvgIpc) is 3.07. The second-order valence-corrected chi connectivity index (χ2v) is 6.19. The van der Waals surface area contributed by atoms with Crippen molar-refractivity contribution in [1.82, 2.24) is 19.7 Å². The van der Waals surface area contributed by atoms with E-state index in [2.05, 4.69) is 15.1 Å². The third kappa shape index (κ3) is 3.01. The molecule has 0 aliphatic heterocycles. The molecule has 6 nitrogen and oxygen atoms in total. The lowest BCUT2D eigenvalue weighted by Gasteiger charge is -2.05. The van der Waals surface area contributed by atoms with Gasteiger partial charge in [-0.1, -0.05) is 46.6 Å². The molecule has 2 aromatic carbocycles. The third-order valence-electron chi connectivity index (χ3n) is 3.65. The Morgan fingerprint density at radius 1 is 1.12 bits per heavy atom. The molecule has 0 atom stereocenters. The van der Waals surface area contributed by atoms with E-state index in [9.17, 15) is 4.79 Å². The number of hydrogen-bond acceptors (Lipinski definition) is 5. The zero-order valence-electron chi connectivity index (χ0n) is 12.7. The fourth-order valence-electron chi connectivity index (χ4n) is 2.48. The minimum atomic E-state index is -0.277. The molecule has 25 heavy (non-hydrogen) atoms. The molecule has 124 valence electrons. The van der Waals surface area contributed by atoms with Crippen molar-refractivity contribution in [3.63, 3.8) is 0 Å². The minimum Gasteiger partial charge on any atom is -0.334 e. The van der Waals surface area contributed by atoms with E-state index >= 15 is 0 Å². The highest BCUT2D eigenvalue weighted by Gasteiger charge is 2.13. The van der Waals surface area contributed by atoms with Gasteiger partial charge in [0.15, 0.2) is 5.82 Å². The van der Waals surface area contributed by atoms with Crippen LogP contribution in [0.15, 0.2) is 58.1 Å². The monoisotopic (exact) mass is 372 g/mol. The number of hydrogen-bond donors (Lipinski definition) is 0. The predicted octanol–water partition coefficient (Wildman–Crippen LogP) is 3.80. The number of benzene rings is 2. The van der Waals surface area contributed by atoms with Crippen LogP contribution in [0, 0.1) is 0 Å². The molecule has 0 radical (unpaired) electrons. The molecule has 0 amide bonds. The van der Waals surface area contributed by atoms with Gasteiger partial charge in [-0.15, -0.1) is 0 Å². The van der Waals surface area contributed by atoms with Crippen LogP contribution in [-0.4, -0.2) is 19.7 Å². The highest BCUT2D eigenvalue weighted by Crippen LogP contribution is 2.24. The fourth-order valence-corrected chi connectivity index (χ4v) is 3.02. The first-order valence-electron chi connectivity index (χ1n) is 7.34. The van der Waals surface area contributed by atoms with Gasteiger partial charge >= 0.3 is 0 Å². The number of rotatable bonds is 3. The normalized spacial score (nSPS) is 11.1. The van der Waals surface area contributed by atoms with E-state index < -0.39 is 0 Å². The maximum atomic E-state index is 12.6. The van der Waals surface area contributed by atoms with Gasteiger partial charge in [0, 0.05) is 10.6 Å². The maximum Gasteiger partial charge on any atom is 0.261 e. The van der Waals surface area contributed by atoms with Crippen molar-refractivity contribution < 1.29 is 4.52 Å². The number of nitrogens with zero attached hydrogens (tertiary/aromatic N) is 4. The molecule has 2 heterocycles. The van der Waals surface area contributed by atoms with Crippen LogP contribution >= 0.6 is 23.2 Å². The van der Waals surface area contributed by atoms with Crippen LogP contribution in [-0.2, 0) is 6.54 Å². The largest absolute Gasteiger partial charge is 0.334 e. The first kappa shape index (κ1) is 15.8. The van der Waals surface area contributed by atoms with Gasteiger partial charge in [0.1, 0.15) is 0 Å². The highest BCUT2D eigenvalue weighted by molar-refractivity contribution is 6.38. The van der Waals surface area contributed by atoms with E-state index in [4.69, 9.17) is 27.7 Å². The Morgan fingerprint density at radius 3 is 2.72 bits per heavy atom. The van der Waals surface area contributed by atoms with Crippen LogP contribution in [0.4, 0.5) is 0 Å². The molecule has 0 unspecified atom stereocenters. The molecule has 8 heteroatoms. The third-order valence-corrected chi connectivity index (χ3v) is 4.15. The molecular weight excluding hydrogens is 363 g/mol. The van der Waals surface area contributed by atoms with Gasteiger partial charge in [0.05, 0.1) is 28.8 Å². The van der Waals surface area contributed by atoms with Crippen molar-refractivity contribution in [3.8, 4) is 11.5 Å². The molecule has 0 bridgehead atoms. The van der Waals surface area contributed by atoms with Gasteiger partial charge < -0.3 is 4.52 Å². The lowest BCUT2D eigenvalue weighted by molar-refractivity contribution is 0.420. The molecule has 2 aromatic heterocycles. The van der Waals surface area contributed by atoms with Crippen molar-refractivity contribution in [2.45, 2.75) is 6.54 Å². The summed E-state index contributed by atoms with van der Waals surface area (Å²) in [6.45, 7) is 0.127. The maximum absolute atomic E-state index is 12.6. The molecule has 0 saturated carbocycles. The Labute approximate surface area is 151 Å². The summed E-state index contributed by atoms with van der Waals surface area (Å²) in [5.41, 5.74) is 0.940. The summed E-state index contributed by atoms with van der Waals surface area (Å²) in [6.07, 6.45) is 1.41. The summed E-state index contributed by atoms with van der Waals surface area (Å²) in [6, 6.07) is 12.5. The molecule has 4 rings (SSSR count). The van der Waals surface area contributed by atoms with Crippen LogP contribution in [0.5, 0.6) is 0 Å². The summed E-state index contributed by atoms with van der Waals surface area (Å²) in [4.78, 5) is 21.2. The Bertz CT molecular complexity index is 1120. The molecule has 4 aromatic rings. The summed E-state index contributed by atoms with van der Waals surface area (Å²) in [5, 5.41) is 4.96. The van der Waals surface area contributed by atoms with E-state index in [0.717, 1.165) is 5.56 Å². The number of fused-ring (bicyclic) bond motifs is 1. The Hall–Kier alpha value is -2.70. The first-order chi connectivity index (χ1) is 12.1. The van der Waals surface area contributed by atoms with Crippen molar-refractivity contribution in [3.05, 3.63) is 75.0 Å². The first-order valence-corrected chi connectivity index (χ1v) is 8.09. The van der Waals surface area contributed by atoms with Crippen molar-refractivity contribution >= 4 is 34.1 Å². The van der Waals surface area contributed by atoms with E-state index in [1.807, 2.05) is 30.3 Å². The lowest BCUT2D eigenvalue weighted by atomic mass is 10.2. The van der Waals surface area contributed by atoms with Crippen molar-refractivity contribution in [1.29, 1.82) is 0 Å². The van der Waals surface area contributed by atoms with Gasteiger partial charge in [0.2, 0.25) is 0 Å². The zero-order valence-corrected chi connectivity index (χ0v) is 14.2. The smallest absolute Gasteiger partial charge is 0.261 e. The Kier molecular flexibility index (Phi) is 3.99. The van der Waals surface area contributed by atoms with Gasteiger partial charge in [-0.25, -0.2) is 4.98 Å². The van der Waals surface area contributed by atoms with Gasteiger partial charge in [-0.3, -0.25) is 9.36 Å². The second-order valence-electron chi connectivity index (χ2n) is 5.34. The molecule has 0 fully saturated rings. The highest BCUT2D eigenvalue weighted by atomic mass is 35.5. The van der Waals surface area contributed by atoms with Gasteiger partial charge in [0.25, 0.3) is 11.4 Å². The minimum absolute atomic E-state index is 0.127. The van der Waals surface area contributed by atoms with Gasteiger partial charge in [-0.2, -0.15) is 4.98 Å². The summed E-state index contributed by atoms with van der Waals surface area (Å²) in [5.74, 6) is 0.763. The van der Waals surface area contributed by atoms with E-state index in [-0.39, 0.29) is 12.1 Å². The van der Waals surface area contributed by atoms with E-state index in [1.54, 1.807) is 12.1 Å². The van der Waals surface area contributed by atoms with Crippen molar-refractivity contribution in [2.24, 2.45) is 0 Å². The lowest BCUT2D eigenvalue weighted by Crippen LogP contribution is -2.21. The molecule has 0 N–H and O–H groups in total. The number of aromatic nitrogens is 4. The quantitative estimate of drug-likeness (QED) is 0.546. The molecule has 0 aliphatic carbocycles. The average molecular weight is 373 g/mol. The van der Waals surface area contributed by atoms with Crippen molar-refractivity contribution in [2.75, 3.05) is 0 Å². The molecular formula is C17H10Cl2N4O2. The molecule has 0 aliphatic rings. The standard InChI is InChI=1S/C17H10Cl2N4O2/c18-11-6-12-15(13(19)7-11)20-9-23(17(12)24)8-14-21-16(25-22-14)10-4-2-1-3-5-10/h1-7,9H,8H2. The topological polar surface area (TPSA) is 73.8 Å². The Balaban J connectivity index is 1.71. The number of halogens is 2. The summed E-state index contributed by atoms with van der Waals surface area (Å²) < 4.78 is 6.63. The van der Waals surface area contributed by atoms with Crippen LogP contribution in [0.3, 0.4) is 0 Å². The zero-order chi connectivity index (χ0) is 17.4. The fraction of sp³-hybridized carbons (Fsp3) is 0.0588. The van der Waals surface area contributed by atoms with E-state index in [1.165, 1.54) is 10.9 Å². The summed E-state index contributed by atoms with van der Waals surface area (Å²) in [7, 11) is 0. The Morgan fingerprint density at radius 2 is 1.92 bits per heavy atom.